The largest absolute Gasteiger partial charge is 0.497 e. The van der Waals surface area contributed by atoms with Gasteiger partial charge in [-0.3, -0.25) is 0 Å². The van der Waals surface area contributed by atoms with E-state index in [9.17, 15) is 30.6 Å². The van der Waals surface area contributed by atoms with Crippen LogP contribution in [-0.2, 0) is 14.2 Å². The van der Waals surface area contributed by atoms with Gasteiger partial charge in [0.25, 0.3) is 0 Å². The molecule has 2 aliphatic heterocycles. The lowest BCUT2D eigenvalue weighted by atomic mass is 9.97. The van der Waals surface area contributed by atoms with Crippen LogP contribution in [0.2, 0.25) is 0 Å². The molecular formula is C19H28O11. The molecule has 1 aromatic carbocycles. The van der Waals surface area contributed by atoms with Gasteiger partial charge < -0.3 is 54.3 Å². The number of hydrogen-bond donors (Lipinski definition) is 6. The van der Waals surface area contributed by atoms with Crippen molar-refractivity contribution in [3.8, 4) is 11.5 Å². The third-order valence-electron chi connectivity index (χ3n) is 5.24. The van der Waals surface area contributed by atoms with Crippen molar-refractivity contribution in [2.75, 3.05) is 13.7 Å². The first kappa shape index (κ1) is 23.1. The summed E-state index contributed by atoms with van der Waals surface area (Å²) in [4.78, 5) is 0. The van der Waals surface area contributed by atoms with E-state index < -0.39 is 68.0 Å². The van der Waals surface area contributed by atoms with E-state index in [4.69, 9.17) is 23.7 Å². The Hall–Kier alpha value is -1.54. The Morgan fingerprint density at radius 3 is 2.03 bits per heavy atom. The highest BCUT2D eigenvalue weighted by Gasteiger charge is 2.50. The first-order chi connectivity index (χ1) is 14.3. The van der Waals surface area contributed by atoms with Crippen molar-refractivity contribution < 1.29 is 54.3 Å². The SMILES string of the molecule is COc1ccc(O[C@@H]2O[C@H](CO)[C@H](O)[C@H](O)[C@H]2O[C@H]2O[C@@H](C)[C@H](O)[C@@H](O)[C@H]2O)cc1. The number of rotatable bonds is 6. The molecule has 2 fully saturated rings. The van der Waals surface area contributed by atoms with E-state index in [2.05, 4.69) is 0 Å². The van der Waals surface area contributed by atoms with Crippen LogP contribution in [0.4, 0.5) is 0 Å². The standard InChI is InChI=1S/C19H28O11/c1-8-12(21)14(23)16(25)18(27-8)30-17-15(24)13(22)11(7-20)29-19(17)28-10-5-3-9(26-2)4-6-10/h3-6,8,11-25H,7H2,1-2H3/t8-,11+,12-,13-,14+,15-,16+,17+,18+,19+/m0/s1. The molecule has 10 atom stereocenters. The first-order valence-corrected chi connectivity index (χ1v) is 9.55. The molecule has 6 N–H and O–H groups in total. The van der Waals surface area contributed by atoms with Gasteiger partial charge in [-0.05, 0) is 31.2 Å². The van der Waals surface area contributed by atoms with Crippen LogP contribution in [-0.4, -0.2) is 106 Å². The van der Waals surface area contributed by atoms with E-state index in [1.807, 2.05) is 0 Å². The van der Waals surface area contributed by atoms with E-state index >= 15 is 0 Å². The Morgan fingerprint density at radius 1 is 0.800 bits per heavy atom. The maximum absolute atomic E-state index is 10.6. The number of aliphatic hydroxyl groups is 6. The van der Waals surface area contributed by atoms with Gasteiger partial charge in [0.15, 0.2) is 12.4 Å². The van der Waals surface area contributed by atoms with Crippen LogP contribution in [0, 0.1) is 0 Å². The Morgan fingerprint density at radius 2 is 1.43 bits per heavy atom. The van der Waals surface area contributed by atoms with Crippen LogP contribution in [0.25, 0.3) is 0 Å². The van der Waals surface area contributed by atoms with Crippen molar-refractivity contribution in [2.24, 2.45) is 0 Å². The maximum atomic E-state index is 10.6. The summed E-state index contributed by atoms with van der Waals surface area (Å²) in [6.45, 7) is 0.893. The molecule has 0 aliphatic carbocycles. The fourth-order valence-corrected chi connectivity index (χ4v) is 3.37. The molecule has 0 unspecified atom stereocenters. The van der Waals surface area contributed by atoms with Crippen molar-refractivity contribution in [2.45, 2.75) is 68.3 Å². The van der Waals surface area contributed by atoms with Crippen molar-refractivity contribution in [1.82, 2.24) is 0 Å². The average Bonchev–Trinajstić information content (AvgIpc) is 2.75. The monoisotopic (exact) mass is 432 g/mol. The minimum atomic E-state index is -1.63. The summed E-state index contributed by atoms with van der Waals surface area (Å²) < 4.78 is 27.4. The highest BCUT2D eigenvalue weighted by molar-refractivity contribution is 5.31. The lowest BCUT2D eigenvalue weighted by Gasteiger charge is -2.45. The summed E-state index contributed by atoms with van der Waals surface area (Å²) >= 11 is 0. The molecule has 0 saturated carbocycles. The van der Waals surface area contributed by atoms with E-state index in [0.717, 1.165) is 0 Å². The summed E-state index contributed by atoms with van der Waals surface area (Å²) in [5.41, 5.74) is 0. The summed E-state index contributed by atoms with van der Waals surface area (Å²) in [7, 11) is 1.51. The Kier molecular flexibility index (Phi) is 7.50. The van der Waals surface area contributed by atoms with Gasteiger partial charge in [-0.25, -0.2) is 0 Å². The molecule has 170 valence electrons. The normalized spacial score (nSPS) is 42.0. The quantitative estimate of drug-likeness (QED) is 0.287. The topological polar surface area (TPSA) is 168 Å². The minimum absolute atomic E-state index is 0.323. The van der Waals surface area contributed by atoms with Crippen molar-refractivity contribution >= 4 is 0 Å². The second-order valence-corrected chi connectivity index (χ2v) is 7.28. The molecule has 11 nitrogen and oxygen atoms in total. The predicted octanol–water partition coefficient (Wildman–Crippen LogP) is -2.27. The van der Waals surface area contributed by atoms with Crippen LogP contribution in [0.5, 0.6) is 11.5 Å². The van der Waals surface area contributed by atoms with Crippen molar-refractivity contribution in [1.29, 1.82) is 0 Å². The number of hydrogen-bond acceptors (Lipinski definition) is 11. The van der Waals surface area contributed by atoms with Gasteiger partial charge in [-0.2, -0.15) is 0 Å². The van der Waals surface area contributed by atoms with E-state index in [-0.39, 0.29) is 0 Å². The predicted molar refractivity (Wildman–Crippen MR) is 98.6 cm³/mol. The van der Waals surface area contributed by atoms with Gasteiger partial charge in [-0.15, -0.1) is 0 Å². The van der Waals surface area contributed by atoms with Crippen LogP contribution < -0.4 is 9.47 Å². The molecule has 0 amide bonds. The second kappa shape index (κ2) is 9.73. The lowest BCUT2D eigenvalue weighted by molar-refractivity contribution is -0.354. The van der Waals surface area contributed by atoms with Gasteiger partial charge >= 0.3 is 0 Å². The van der Waals surface area contributed by atoms with Crippen molar-refractivity contribution in [3.05, 3.63) is 24.3 Å². The minimum Gasteiger partial charge on any atom is -0.497 e. The van der Waals surface area contributed by atoms with Gasteiger partial charge in [0.1, 0.15) is 48.1 Å². The summed E-state index contributed by atoms with van der Waals surface area (Å²) in [6.07, 6.45) is -13.7. The molecule has 2 saturated heterocycles. The zero-order valence-corrected chi connectivity index (χ0v) is 16.5. The number of ether oxygens (including phenoxy) is 5. The molecule has 3 rings (SSSR count). The van der Waals surface area contributed by atoms with Crippen LogP contribution in [0.3, 0.4) is 0 Å². The zero-order chi connectivity index (χ0) is 22.0. The molecule has 30 heavy (non-hydrogen) atoms. The highest BCUT2D eigenvalue weighted by atomic mass is 16.8. The summed E-state index contributed by atoms with van der Waals surface area (Å²) in [6, 6.07) is 6.43. The second-order valence-electron chi connectivity index (χ2n) is 7.28. The molecule has 0 bridgehead atoms. The number of benzene rings is 1. The fourth-order valence-electron chi connectivity index (χ4n) is 3.37. The maximum Gasteiger partial charge on any atom is 0.229 e. The Balaban J connectivity index is 1.80. The first-order valence-electron chi connectivity index (χ1n) is 9.55. The van der Waals surface area contributed by atoms with Crippen LogP contribution in [0.1, 0.15) is 6.92 Å². The van der Waals surface area contributed by atoms with Gasteiger partial charge in [0.2, 0.25) is 6.29 Å². The molecule has 2 heterocycles. The van der Waals surface area contributed by atoms with Gasteiger partial charge in [-0.1, -0.05) is 0 Å². The molecule has 0 spiro atoms. The molecule has 2 aliphatic rings. The van der Waals surface area contributed by atoms with E-state index in [0.29, 0.717) is 11.5 Å². The number of methoxy groups -OCH3 is 1. The lowest BCUT2D eigenvalue weighted by Crippen LogP contribution is -2.64. The van der Waals surface area contributed by atoms with E-state index in [1.54, 1.807) is 24.3 Å². The molecule has 0 radical (unpaired) electrons. The van der Waals surface area contributed by atoms with Crippen LogP contribution >= 0.6 is 0 Å². The third kappa shape index (κ3) is 4.69. The zero-order valence-electron chi connectivity index (χ0n) is 16.5. The van der Waals surface area contributed by atoms with Gasteiger partial charge in [0.05, 0.1) is 19.8 Å². The highest BCUT2D eigenvalue weighted by Crippen LogP contribution is 2.30. The molecular weight excluding hydrogens is 404 g/mol. The molecule has 0 aromatic heterocycles. The molecule has 1 aromatic rings. The van der Waals surface area contributed by atoms with Gasteiger partial charge in [0, 0.05) is 0 Å². The Bertz CT molecular complexity index is 671. The third-order valence-corrected chi connectivity index (χ3v) is 5.24. The average molecular weight is 432 g/mol. The van der Waals surface area contributed by atoms with Crippen molar-refractivity contribution in [3.63, 3.8) is 0 Å². The molecule has 11 heteroatoms. The summed E-state index contributed by atoms with van der Waals surface area (Å²) in [5, 5.41) is 60.2. The number of aliphatic hydroxyl groups excluding tert-OH is 6. The summed E-state index contributed by atoms with van der Waals surface area (Å²) in [5.74, 6) is 0.910. The smallest absolute Gasteiger partial charge is 0.229 e. The Labute approximate surface area is 172 Å². The fraction of sp³-hybridized carbons (Fsp3) is 0.684. The van der Waals surface area contributed by atoms with Crippen LogP contribution in [0.15, 0.2) is 24.3 Å². The van der Waals surface area contributed by atoms with E-state index in [1.165, 1.54) is 14.0 Å².